The predicted molar refractivity (Wildman–Crippen MR) is 105 cm³/mol. The smallest absolute Gasteiger partial charge is 0.329 e. The van der Waals surface area contributed by atoms with Gasteiger partial charge in [0.25, 0.3) is 0 Å². The molecule has 0 fully saturated rings. The molecule has 3 aromatic rings. The molecule has 1 atom stereocenters. The van der Waals surface area contributed by atoms with Crippen molar-refractivity contribution < 1.29 is 14.6 Å². The Bertz CT molecular complexity index is 864. The summed E-state index contributed by atoms with van der Waals surface area (Å²) in [6.45, 7) is 5.54. The van der Waals surface area contributed by atoms with E-state index in [0.29, 0.717) is 11.6 Å². The number of hydrogen-bond donors (Lipinski definition) is 2. The van der Waals surface area contributed by atoms with E-state index in [4.69, 9.17) is 4.74 Å². The molecule has 2 aromatic carbocycles. The van der Waals surface area contributed by atoms with Crippen LogP contribution in [0.15, 0.2) is 48.5 Å². The molecule has 2 N–H and O–H groups in total. The van der Waals surface area contributed by atoms with Crippen molar-refractivity contribution in [2.75, 3.05) is 5.32 Å². The highest BCUT2D eigenvalue weighted by Crippen LogP contribution is 2.27. The number of aromatic nitrogens is 1. The zero-order valence-electron chi connectivity index (χ0n) is 15.0. The monoisotopic (exact) mass is 370 g/mol. The predicted octanol–water partition coefficient (Wildman–Crippen LogP) is 4.37. The molecule has 0 saturated heterocycles. The molecule has 6 heteroatoms. The number of nitrogens with one attached hydrogen (secondary N) is 1. The van der Waals surface area contributed by atoms with Crippen LogP contribution in [0.3, 0.4) is 0 Å². The Balaban J connectivity index is 1.83. The molecular formula is C20H22N2O3S. The van der Waals surface area contributed by atoms with E-state index in [9.17, 15) is 9.90 Å². The van der Waals surface area contributed by atoms with Crippen LogP contribution in [-0.2, 0) is 16.0 Å². The molecule has 0 saturated carbocycles. The molecule has 1 aromatic heterocycles. The largest absolute Gasteiger partial charge is 0.508 e. The quantitative estimate of drug-likeness (QED) is 0.653. The van der Waals surface area contributed by atoms with Crippen molar-refractivity contribution in [3.05, 3.63) is 54.1 Å². The maximum Gasteiger partial charge on any atom is 0.329 e. The number of carbonyl (C=O) groups is 1. The summed E-state index contributed by atoms with van der Waals surface area (Å²) in [7, 11) is 0. The van der Waals surface area contributed by atoms with E-state index in [2.05, 4.69) is 10.3 Å². The Morgan fingerprint density at radius 1 is 1.19 bits per heavy atom. The maximum absolute atomic E-state index is 12.7. The average Bonchev–Trinajstić information content (AvgIpc) is 2.97. The lowest BCUT2D eigenvalue weighted by molar-refractivity contribution is -0.155. The molecule has 0 aliphatic carbocycles. The number of benzene rings is 2. The van der Waals surface area contributed by atoms with Crippen LogP contribution in [0, 0.1) is 0 Å². The van der Waals surface area contributed by atoms with E-state index in [-0.39, 0.29) is 11.7 Å². The fraction of sp³-hybridized carbons (Fsp3) is 0.300. The highest BCUT2D eigenvalue weighted by atomic mass is 32.1. The van der Waals surface area contributed by atoms with Crippen LogP contribution in [0.5, 0.6) is 5.75 Å². The van der Waals surface area contributed by atoms with Gasteiger partial charge in [0.15, 0.2) is 5.13 Å². The number of carbonyl (C=O) groups excluding carboxylic acids is 1. The van der Waals surface area contributed by atoms with Crippen LogP contribution < -0.4 is 5.32 Å². The van der Waals surface area contributed by atoms with Crippen molar-refractivity contribution in [3.8, 4) is 5.75 Å². The van der Waals surface area contributed by atoms with Crippen LogP contribution in [0.2, 0.25) is 0 Å². The molecule has 0 bridgehead atoms. The average molecular weight is 370 g/mol. The van der Waals surface area contributed by atoms with E-state index in [0.717, 1.165) is 15.8 Å². The first kappa shape index (κ1) is 18.2. The Morgan fingerprint density at radius 2 is 1.88 bits per heavy atom. The lowest BCUT2D eigenvalue weighted by Crippen LogP contribution is -2.38. The zero-order chi connectivity index (χ0) is 18.7. The van der Waals surface area contributed by atoms with E-state index in [1.807, 2.05) is 45.0 Å². The Kier molecular flexibility index (Phi) is 5.13. The minimum Gasteiger partial charge on any atom is -0.508 e. The summed E-state index contributed by atoms with van der Waals surface area (Å²) < 4.78 is 6.63. The van der Waals surface area contributed by atoms with Gasteiger partial charge in [-0.3, -0.25) is 0 Å². The molecule has 0 aliphatic rings. The van der Waals surface area contributed by atoms with Crippen molar-refractivity contribution in [1.82, 2.24) is 4.98 Å². The van der Waals surface area contributed by atoms with Crippen LogP contribution in [-0.4, -0.2) is 27.7 Å². The first-order chi connectivity index (χ1) is 12.3. The van der Waals surface area contributed by atoms with E-state index in [1.165, 1.54) is 11.3 Å². The summed E-state index contributed by atoms with van der Waals surface area (Å²) in [5.41, 5.74) is 1.25. The molecule has 0 spiro atoms. The van der Waals surface area contributed by atoms with Gasteiger partial charge in [0.05, 0.1) is 10.2 Å². The molecule has 136 valence electrons. The minimum atomic E-state index is -0.570. The molecule has 3 rings (SSSR count). The molecular weight excluding hydrogens is 348 g/mol. The van der Waals surface area contributed by atoms with Gasteiger partial charge in [-0.25, -0.2) is 9.78 Å². The van der Waals surface area contributed by atoms with Gasteiger partial charge in [0, 0.05) is 6.42 Å². The molecule has 0 amide bonds. The lowest BCUT2D eigenvalue weighted by Gasteiger charge is -2.24. The number of hydrogen-bond acceptors (Lipinski definition) is 6. The number of phenols is 1. The highest BCUT2D eigenvalue weighted by Gasteiger charge is 2.26. The number of ether oxygens (including phenoxy) is 1. The van der Waals surface area contributed by atoms with Gasteiger partial charge in [0.1, 0.15) is 17.4 Å². The van der Waals surface area contributed by atoms with Crippen molar-refractivity contribution in [3.63, 3.8) is 0 Å². The van der Waals surface area contributed by atoms with Crippen LogP contribution >= 0.6 is 11.3 Å². The van der Waals surface area contributed by atoms with Gasteiger partial charge in [-0.05, 0) is 50.6 Å². The van der Waals surface area contributed by atoms with E-state index >= 15 is 0 Å². The van der Waals surface area contributed by atoms with Gasteiger partial charge in [-0.15, -0.1) is 0 Å². The zero-order valence-corrected chi connectivity index (χ0v) is 15.8. The Morgan fingerprint density at radius 3 is 2.54 bits per heavy atom. The number of fused-ring (bicyclic) bond motifs is 1. The topological polar surface area (TPSA) is 71.5 Å². The molecule has 0 radical (unpaired) electrons. The number of para-hydroxylation sites is 1. The molecule has 1 heterocycles. The van der Waals surface area contributed by atoms with Crippen molar-refractivity contribution >= 4 is 32.7 Å². The van der Waals surface area contributed by atoms with Crippen LogP contribution in [0.4, 0.5) is 5.13 Å². The number of aromatic hydroxyl groups is 1. The summed E-state index contributed by atoms with van der Waals surface area (Å²) in [4.78, 5) is 17.2. The number of phenolic OH excluding ortho intramolecular Hbond substituents is 1. The number of rotatable bonds is 5. The maximum atomic E-state index is 12.7. The van der Waals surface area contributed by atoms with E-state index < -0.39 is 11.6 Å². The highest BCUT2D eigenvalue weighted by molar-refractivity contribution is 7.22. The summed E-state index contributed by atoms with van der Waals surface area (Å²) in [6.07, 6.45) is 0.436. The summed E-state index contributed by atoms with van der Waals surface area (Å²) in [5, 5.41) is 13.4. The molecule has 5 nitrogen and oxygen atoms in total. The van der Waals surface area contributed by atoms with Crippen molar-refractivity contribution in [2.45, 2.75) is 38.8 Å². The third-order valence-corrected chi connectivity index (χ3v) is 4.63. The number of nitrogens with zero attached hydrogens (tertiary/aromatic N) is 1. The lowest BCUT2D eigenvalue weighted by atomic mass is 10.1. The first-order valence-corrected chi connectivity index (χ1v) is 9.25. The normalized spacial score (nSPS) is 12.7. The molecule has 0 aliphatic heterocycles. The van der Waals surface area contributed by atoms with Gasteiger partial charge >= 0.3 is 5.97 Å². The Hall–Kier alpha value is -2.60. The second-order valence-electron chi connectivity index (χ2n) is 7.09. The summed E-state index contributed by atoms with van der Waals surface area (Å²) >= 11 is 1.50. The second kappa shape index (κ2) is 7.33. The number of esters is 1. The Labute approximate surface area is 156 Å². The number of anilines is 1. The third kappa shape index (κ3) is 4.73. The van der Waals surface area contributed by atoms with Gasteiger partial charge in [-0.2, -0.15) is 0 Å². The van der Waals surface area contributed by atoms with Crippen LogP contribution in [0.1, 0.15) is 26.3 Å². The SMILES string of the molecule is CC(C)(C)OC(=O)[C@H](Cc1ccc(O)cc1)Nc1nc2ccccc2s1. The summed E-state index contributed by atoms with van der Waals surface area (Å²) in [5.74, 6) is -0.133. The fourth-order valence-corrected chi connectivity index (χ4v) is 3.44. The summed E-state index contributed by atoms with van der Waals surface area (Å²) in [6, 6.07) is 14.1. The van der Waals surface area contributed by atoms with Gasteiger partial charge in [0.2, 0.25) is 0 Å². The van der Waals surface area contributed by atoms with Crippen LogP contribution in [0.25, 0.3) is 10.2 Å². The van der Waals surface area contributed by atoms with Gasteiger partial charge < -0.3 is 15.2 Å². The molecule has 26 heavy (non-hydrogen) atoms. The van der Waals surface area contributed by atoms with Crippen molar-refractivity contribution in [1.29, 1.82) is 0 Å². The van der Waals surface area contributed by atoms with Crippen molar-refractivity contribution in [2.24, 2.45) is 0 Å². The standard InChI is InChI=1S/C20H22N2O3S/c1-20(2,3)25-18(24)16(12-13-8-10-14(23)11-9-13)22-19-21-15-6-4-5-7-17(15)26-19/h4-11,16,23H,12H2,1-3H3,(H,21,22)/t16-/m0/s1. The van der Waals surface area contributed by atoms with E-state index in [1.54, 1.807) is 24.3 Å². The fourth-order valence-electron chi connectivity index (χ4n) is 2.52. The third-order valence-electron chi connectivity index (χ3n) is 3.66. The minimum absolute atomic E-state index is 0.196. The first-order valence-electron chi connectivity index (χ1n) is 8.43. The second-order valence-corrected chi connectivity index (χ2v) is 8.12. The molecule has 0 unspecified atom stereocenters. The number of thiazole rings is 1. The van der Waals surface area contributed by atoms with Gasteiger partial charge in [-0.1, -0.05) is 35.6 Å².